The van der Waals surface area contributed by atoms with Crippen LogP contribution in [0.5, 0.6) is 0 Å². The Labute approximate surface area is 190 Å². The van der Waals surface area contributed by atoms with Crippen molar-refractivity contribution in [3.05, 3.63) is 108 Å². The van der Waals surface area contributed by atoms with E-state index >= 15 is 0 Å². The third-order valence-corrected chi connectivity index (χ3v) is 11.8. The zero-order valence-corrected chi connectivity index (χ0v) is 19.7. The molecule has 1 aliphatic carbocycles. The number of benzene rings is 3. The molecule has 0 aliphatic heterocycles. The van der Waals surface area contributed by atoms with E-state index in [1.165, 1.54) is 28.3 Å². The fourth-order valence-electron chi connectivity index (χ4n) is 4.09. The minimum Gasteiger partial charge on any atom is -1.00 e. The van der Waals surface area contributed by atoms with Crippen LogP contribution in [0.2, 0.25) is 0 Å². The Morgan fingerprint density at radius 1 is 0.724 bits per heavy atom. The van der Waals surface area contributed by atoms with Crippen molar-refractivity contribution in [1.82, 2.24) is 0 Å². The molecular weight excluding hydrogens is 435 g/mol. The van der Waals surface area contributed by atoms with Gasteiger partial charge in [0.15, 0.2) is 0 Å². The van der Waals surface area contributed by atoms with Crippen LogP contribution < -0.4 is 36.4 Å². The minimum atomic E-state index is -3.27. The molecule has 1 aliphatic rings. The smallest absolute Gasteiger partial charge is 1.00 e. The number of hydrogen-bond donors (Lipinski definition) is 0. The largest absolute Gasteiger partial charge is 1.00 e. The molecule has 0 fully saturated rings. The van der Waals surface area contributed by atoms with E-state index in [1.54, 1.807) is 0 Å². The van der Waals surface area contributed by atoms with Crippen molar-refractivity contribution in [2.45, 2.75) is 13.3 Å². The zero-order valence-electron chi connectivity index (χ0n) is 16.6. The second-order valence-corrected chi connectivity index (χ2v) is 12.4. The summed E-state index contributed by atoms with van der Waals surface area (Å²) in [4.78, 5) is 0. The molecule has 0 aromatic heterocycles. The first-order valence-corrected chi connectivity index (χ1v) is 12.4. The van der Waals surface area contributed by atoms with E-state index in [4.69, 9.17) is 3.32 Å². The predicted octanol–water partition coefficient (Wildman–Crippen LogP) is -1.58. The second-order valence-electron chi connectivity index (χ2n) is 6.98. The fraction of sp³-hybridized carbons (Fsp3) is 0.120. The molecule has 3 aromatic rings. The van der Waals surface area contributed by atoms with Crippen molar-refractivity contribution >= 4 is 17.2 Å². The van der Waals surface area contributed by atoms with Gasteiger partial charge in [0.2, 0.25) is 0 Å². The summed E-state index contributed by atoms with van der Waals surface area (Å²) in [6.45, 7) is 2.18. The Bertz CT molecular complexity index is 958. The normalized spacial score (nSPS) is 12.5. The third-order valence-electron chi connectivity index (χ3n) is 5.36. The molecule has 148 valence electrons. The summed E-state index contributed by atoms with van der Waals surface area (Å²) in [5, 5.41) is 0. The molecule has 4 rings (SSSR count). The third kappa shape index (κ3) is 4.45. The van der Waals surface area contributed by atoms with Crippen LogP contribution in [0.4, 0.5) is 0 Å². The van der Waals surface area contributed by atoms with Gasteiger partial charge < -0.3 is 24.8 Å². The Kier molecular flexibility index (Phi) is 8.51. The summed E-state index contributed by atoms with van der Waals surface area (Å²) < 4.78 is 10.6. The molecule has 0 spiro atoms. The van der Waals surface area contributed by atoms with E-state index in [0.717, 1.165) is 6.42 Å². The molecule has 4 heteroatoms. The molecule has 0 bridgehead atoms. The predicted molar refractivity (Wildman–Crippen MR) is 112 cm³/mol. The van der Waals surface area contributed by atoms with Gasteiger partial charge in [-0.15, -0.1) is 0 Å². The first kappa shape index (κ1) is 23.7. The van der Waals surface area contributed by atoms with Gasteiger partial charge >= 0.3 is 166 Å². The van der Waals surface area contributed by atoms with Crippen LogP contribution in [0.3, 0.4) is 0 Å². The average molecular weight is 459 g/mol. The van der Waals surface area contributed by atoms with Crippen LogP contribution >= 0.6 is 0 Å². The van der Waals surface area contributed by atoms with Crippen molar-refractivity contribution in [2.24, 2.45) is 0 Å². The van der Waals surface area contributed by atoms with Gasteiger partial charge in [0.05, 0.1) is 0 Å². The maximum Gasteiger partial charge on any atom is -1.00 e. The quantitative estimate of drug-likeness (QED) is 0.419. The number of hydrogen-bond acceptors (Lipinski definition) is 1. The maximum atomic E-state index is 6.57. The summed E-state index contributed by atoms with van der Waals surface area (Å²) in [6.07, 6.45) is 5.62. The van der Waals surface area contributed by atoms with E-state index in [9.17, 15) is 0 Å². The van der Waals surface area contributed by atoms with Gasteiger partial charge in [0.1, 0.15) is 0 Å². The Balaban J connectivity index is 0.00000150. The van der Waals surface area contributed by atoms with E-state index in [0.29, 0.717) is 0 Å². The van der Waals surface area contributed by atoms with Crippen molar-refractivity contribution < 1.29 is 45.1 Å². The van der Waals surface area contributed by atoms with Gasteiger partial charge in [-0.3, -0.25) is 0 Å². The summed E-state index contributed by atoms with van der Waals surface area (Å²) in [5.74, 6) is 0. The molecule has 0 N–H and O–H groups in total. The Morgan fingerprint density at radius 3 is 1.72 bits per heavy atom. The molecule has 0 radical (unpaired) electrons. The summed E-state index contributed by atoms with van der Waals surface area (Å²) in [6, 6.07) is 30.4. The van der Waals surface area contributed by atoms with Gasteiger partial charge in [0.25, 0.3) is 0 Å². The van der Waals surface area contributed by atoms with E-state index in [1.807, 2.05) is 7.11 Å². The van der Waals surface area contributed by atoms with Gasteiger partial charge in [0, 0.05) is 0 Å². The standard InChI is InChI=1S/C12H11.2C6H5.CH3O.2ClH.Ti/c1-10-7-8-12(9-10)11-5-3-2-4-6-11;2*1-2-4-6-5-3-1;1-2;;;/h2-5,7,9H,8H2,1H3;2*1-5H;1H3;2*1H;/q;;;-1;;;+3/p-2. The first-order valence-electron chi connectivity index (χ1n) is 9.39. The van der Waals surface area contributed by atoms with Gasteiger partial charge in [-0.2, -0.15) is 0 Å². The van der Waals surface area contributed by atoms with Crippen LogP contribution in [0.1, 0.15) is 18.9 Å². The fourth-order valence-corrected chi connectivity index (χ4v) is 10.2. The van der Waals surface area contributed by atoms with Crippen molar-refractivity contribution in [2.75, 3.05) is 7.11 Å². The number of allylic oxidation sites excluding steroid dienone is 4. The van der Waals surface area contributed by atoms with Crippen LogP contribution in [-0.4, -0.2) is 7.11 Å². The molecule has 0 unspecified atom stereocenters. The molecule has 3 aromatic carbocycles. The SMILES string of the molecule is C[O][Ti+2]([c]1ccccc1)([c]1ccccc1)[c]1ccccc1C1=CC(C)=CC1.[Cl-].[Cl-]. The molecule has 0 amide bonds. The summed E-state index contributed by atoms with van der Waals surface area (Å²) >= 11 is -3.27. The van der Waals surface area contributed by atoms with E-state index < -0.39 is 17.0 Å². The zero-order chi connectivity index (χ0) is 18.7. The van der Waals surface area contributed by atoms with E-state index in [2.05, 4.69) is 104 Å². The van der Waals surface area contributed by atoms with Crippen LogP contribution in [0, 0.1) is 0 Å². The van der Waals surface area contributed by atoms with Crippen molar-refractivity contribution in [3.8, 4) is 0 Å². The molecule has 29 heavy (non-hydrogen) atoms. The molecule has 1 nitrogen and oxygen atoms in total. The maximum absolute atomic E-state index is 6.57. The molecule has 0 heterocycles. The second kappa shape index (κ2) is 10.4. The molecule has 0 saturated heterocycles. The Morgan fingerprint density at radius 2 is 1.24 bits per heavy atom. The first-order chi connectivity index (χ1) is 13.3. The monoisotopic (exact) mass is 458 g/mol. The van der Waals surface area contributed by atoms with Gasteiger partial charge in [-0.1, -0.05) is 0 Å². The van der Waals surface area contributed by atoms with Crippen molar-refractivity contribution in [3.63, 3.8) is 0 Å². The average Bonchev–Trinajstić information content (AvgIpc) is 3.17. The summed E-state index contributed by atoms with van der Waals surface area (Å²) in [5.41, 5.74) is 4.07. The van der Waals surface area contributed by atoms with Crippen molar-refractivity contribution in [1.29, 1.82) is 0 Å². The van der Waals surface area contributed by atoms with Gasteiger partial charge in [-0.05, 0) is 0 Å². The minimum absolute atomic E-state index is 0. The molecular formula is C25H24Cl2OTi. The number of rotatable bonds is 5. The molecule has 0 saturated carbocycles. The van der Waals surface area contributed by atoms with Crippen LogP contribution in [0.15, 0.2) is 103 Å². The van der Waals surface area contributed by atoms with Gasteiger partial charge in [-0.25, -0.2) is 0 Å². The van der Waals surface area contributed by atoms with Crippen LogP contribution in [-0.2, 0) is 20.3 Å². The number of halogens is 2. The van der Waals surface area contributed by atoms with Crippen LogP contribution in [0.25, 0.3) is 5.57 Å². The Hall–Kier alpha value is -1.61. The topological polar surface area (TPSA) is 9.23 Å². The summed E-state index contributed by atoms with van der Waals surface area (Å²) in [7, 11) is 1.89. The molecule has 0 atom stereocenters. The van der Waals surface area contributed by atoms with E-state index in [-0.39, 0.29) is 24.8 Å².